The minimum absolute atomic E-state index is 0.115. The van der Waals surface area contributed by atoms with Gasteiger partial charge in [0, 0.05) is 34.7 Å². The lowest BCUT2D eigenvalue weighted by Gasteiger charge is -2.24. The van der Waals surface area contributed by atoms with Gasteiger partial charge in [-0.2, -0.15) is 0 Å². The maximum absolute atomic E-state index is 11.5. The van der Waals surface area contributed by atoms with Gasteiger partial charge in [0.05, 0.1) is 17.5 Å². The largest absolute Gasteiger partial charge is 0.300 e. The van der Waals surface area contributed by atoms with Gasteiger partial charge in [-0.05, 0) is 31.9 Å². The molecule has 0 aliphatic heterocycles. The minimum Gasteiger partial charge on any atom is -0.300 e. The maximum atomic E-state index is 11.5. The van der Waals surface area contributed by atoms with Gasteiger partial charge in [-0.3, -0.25) is 15.2 Å². The molecule has 1 aromatic rings. The standard InChI is InChI=1S/C17H19ClN2OS/c1-11(10-22)20-17(13-4-8-15(21)9-5-13)16(19)12-2-6-14(18)7-3-12/h2-3,6-7,10-11,13,19H,4-5,8-9H2,1H3. The van der Waals surface area contributed by atoms with E-state index in [1.807, 2.05) is 19.1 Å². The number of carbonyl (C=O) groups is 1. The number of halogens is 1. The van der Waals surface area contributed by atoms with Crippen LogP contribution < -0.4 is 0 Å². The van der Waals surface area contributed by atoms with Crippen LogP contribution in [-0.4, -0.2) is 28.6 Å². The van der Waals surface area contributed by atoms with Crippen molar-refractivity contribution in [3.8, 4) is 0 Å². The Morgan fingerprint density at radius 1 is 1.36 bits per heavy atom. The molecule has 0 heterocycles. The summed E-state index contributed by atoms with van der Waals surface area (Å²) in [7, 11) is 0. The molecule has 1 fully saturated rings. The Bertz CT molecular complexity index is 600. The zero-order valence-corrected chi connectivity index (χ0v) is 14.1. The molecule has 1 saturated carbocycles. The average molecular weight is 335 g/mol. The van der Waals surface area contributed by atoms with Crippen LogP contribution in [0.25, 0.3) is 0 Å². The van der Waals surface area contributed by atoms with E-state index in [1.54, 1.807) is 17.5 Å². The summed E-state index contributed by atoms with van der Waals surface area (Å²) in [6.07, 6.45) is 2.67. The lowest BCUT2D eigenvalue weighted by molar-refractivity contribution is -0.120. The molecular weight excluding hydrogens is 316 g/mol. The first kappa shape index (κ1) is 17.0. The highest BCUT2D eigenvalue weighted by Gasteiger charge is 2.26. The van der Waals surface area contributed by atoms with Gasteiger partial charge >= 0.3 is 0 Å². The summed E-state index contributed by atoms with van der Waals surface area (Å²) in [4.78, 5) is 16.1. The summed E-state index contributed by atoms with van der Waals surface area (Å²) in [6.45, 7) is 1.91. The van der Waals surface area contributed by atoms with E-state index in [1.165, 1.54) is 0 Å². The molecule has 0 radical (unpaired) electrons. The van der Waals surface area contributed by atoms with Gasteiger partial charge < -0.3 is 0 Å². The first-order valence-corrected chi connectivity index (χ1v) is 8.25. The van der Waals surface area contributed by atoms with Gasteiger partial charge in [-0.15, -0.1) is 0 Å². The lowest BCUT2D eigenvalue weighted by atomic mass is 9.82. The van der Waals surface area contributed by atoms with Crippen LogP contribution in [0.15, 0.2) is 29.3 Å². The zero-order valence-electron chi connectivity index (χ0n) is 12.5. The first-order chi connectivity index (χ1) is 10.5. The van der Waals surface area contributed by atoms with Crippen molar-refractivity contribution in [2.75, 3.05) is 0 Å². The van der Waals surface area contributed by atoms with Gasteiger partial charge in [-0.1, -0.05) is 36.0 Å². The summed E-state index contributed by atoms with van der Waals surface area (Å²) in [5.41, 5.74) is 1.94. The molecule has 0 amide bonds. The molecule has 116 valence electrons. The molecule has 5 heteroatoms. The highest BCUT2D eigenvalue weighted by atomic mass is 35.5. The molecule has 1 unspecified atom stereocenters. The van der Waals surface area contributed by atoms with E-state index >= 15 is 0 Å². The van der Waals surface area contributed by atoms with Crippen molar-refractivity contribution in [2.45, 2.75) is 38.6 Å². The van der Waals surface area contributed by atoms with Gasteiger partial charge in [-0.25, -0.2) is 0 Å². The molecule has 2 rings (SSSR count). The Morgan fingerprint density at radius 2 is 1.95 bits per heavy atom. The van der Waals surface area contributed by atoms with Gasteiger partial charge in [0.15, 0.2) is 0 Å². The molecular formula is C17H19ClN2OS. The molecule has 1 atom stereocenters. The number of nitrogens with zero attached hydrogens (tertiary/aromatic N) is 1. The third-order valence-corrected chi connectivity index (χ3v) is 4.50. The molecule has 0 aromatic heterocycles. The molecule has 1 N–H and O–H groups in total. The quantitative estimate of drug-likeness (QED) is 0.645. The predicted octanol–water partition coefficient (Wildman–Crippen LogP) is 4.30. The molecule has 0 bridgehead atoms. The fraction of sp³-hybridized carbons (Fsp3) is 0.412. The van der Waals surface area contributed by atoms with Gasteiger partial charge in [0.1, 0.15) is 5.78 Å². The SMILES string of the molecule is CC(C=S)N=C(C(=N)c1ccc(Cl)cc1)C1CCC(=O)CC1. The van der Waals surface area contributed by atoms with Crippen LogP contribution in [0.4, 0.5) is 0 Å². The molecule has 1 aromatic carbocycles. The summed E-state index contributed by atoms with van der Waals surface area (Å²) < 4.78 is 0. The number of nitrogens with one attached hydrogen (secondary N) is 1. The average Bonchev–Trinajstić information content (AvgIpc) is 2.53. The summed E-state index contributed by atoms with van der Waals surface area (Å²) >= 11 is 10.9. The maximum Gasteiger partial charge on any atom is 0.132 e. The highest BCUT2D eigenvalue weighted by Crippen LogP contribution is 2.25. The second kappa shape index (κ2) is 7.75. The van der Waals surface area contributed by atoms with E-state index in [4.69, 9.17) is 29.2 Å². The van der Waals surface area contributed by atoms with Crippen molar-refractivity contribution in [1.82, 2.24) is 0 Å². The van der Waals surface area contributed by atoms with E-state index in [9.17, 15) is 4.79 Å². The number of hydrogen-bond donors (Lipinski definition) is 1. The van der Waals surface area contributed by atoms with E-state index in [2.05, 4.69) is 4.99 Å². The third-order valence-electron chi connectivity index (χ3n) is 3.86. The van der Waals surface area contributed by atoms with Crippen LogP contribution in [0.5, 0.6) is 0 Å². The van der Waals surface area contributed by atoms with E-state index in [-0.39, 0.29) is 12.0 Å². The van der Waals surface area contributed by atoms with E-state index < -0.39 is 0 Å². The zero-order chi connectivity index (χ0) is 16.1. The fourth-order valence-corrected chi connectivity index (χ4v) is 2.79. The first-order valence-electron chi connectivity index (χ1n) is 7.40. The van der Waals surface area contributed by atoms with Crippen molar-refractivity contribution in [1.29, 1.82) is 5.41 Å². The molecule has 0 spiro atoms. The minimum atomic E-state index is -0.115. The molecule has 1 aliphatic rings. The number of aliphatic imine (C=N–C) groups is 1. The van der Waals surface area contributed by atoms with E-state index in [0.717, 1.165) is 24.1 Å². The van der Waals surface area contributed by atoms with Crippen molar-refractivity contribution in [2.24, 2.45) is 10.9 Å². The number of thiocarbonyl (C=S) groups is 1. The van der Waals surface area contributed by atoms with Gasteiger partial charge in [0.25, 0.3) is 0 Å². The summed E-state index contributed by atoms with van der Waals surface area (Å²) in [6, 6.07) is 7.09. The van der Waals surface area contributed by atoms with E-state index in [0.29, 0.717) is 29.4 Å². The Balaban J connectivity index is 2.29. The number of hydrogen-bond acceptors (Lipinski definition) is 4. The highest BCUT2D eigenvalue weighted by molar-refractivity contribution is 7.79. The van der Waals surface area contributed by atoms with Crippen molar-refractivity contribution in [3.05, 3.63) is 34.9 Å². The number of ketones is 1. The monoisotopic (exact) mass is 334 g/mol. The Hall–Kier alpha value is -1.39. The molecule has 0 saturated heterocycles. The van der Waals surface area contributed by atoms with Crippen molar-refractivity contribution < 1.29 is 4.79 Å². The number of benzene rings is 1. The molecule has 1 aliphatic carbocycles. The predicted molar refractivity (Wildman–Crippen MR) is 95.8 cm³/mol. The summed E-state index contributed by atoms with van der Waals surface area (Å²) in [5, 5.41) is 10.8. The second-order valence-corrected chi connectivity index (χ2v) is 6.29. The summed E-state index contributed by atoms with van der Waals surface area (Å²) in [5.74, 6) is 0.454. The van der Waals surface area contributed by atoms with Crippen LogP contribution in [-0.2, 0) is 4.79 Å². The fourth-order valence-electron chi connectivity index (χ4n) is 2.60. The van der Waals surface area contributed by atoms with Crippen LogP contribution >= 0.6 is 23.8 Å². The number of Topliss-reactive ketones (excluding diaryl/α,β-unsaturated/α-hetero) is 1. The van der Waals surface area contributed by atoms with Gasteiger partial charge in [0.2, 0.25) is 0 Å². The molecule has 3 nitrogen and oxygen atoms in total. The Kier molecular flexibility index (Phi) is 5.98. The third kappa shape index (κ3) is 4.31. The Labute approximate surface area is 141 Å². The van der Waals surface area contributed by atoms with Crippen LogP contribution in [0.3, 0.4) is 0 Å². The van der Waals surface area contributed by atoms with Crippen molar-refractivity contribution >= 4 is 46.4 Å². The number of carbonyl (C=O) groups excluding carboxylic acids is 1. The number of rotatable bonds is 5. The Morgan fingerprint density at radius 3 is 2.50 bits per heavy atom. The normalized spacial score (nSPS) is 18.1. The van der Waals surface area contributed by atoms with Crippen LogP contribution in [0, 0.1) is 11.3 Å². The van der Waals surface area contributed by atoms with Crippen LogP contribution in [0.2, 0.25) is 5.02 Å². The smallest absolute Gasteiger partial charge is 0.132 e. The molecule has 22 heavy (non-hydrogen) atoms. The second-order valence-electron chi connectivity index (χ2n) is 5.59. The topological polar surface area (TPSA) is 53.3 Å². The lowest BCUT2D eigenvalue weighted by Crippen LogP contribution is -2.29. The van der Waals surface area contributed by atoms with Crippen molar-refractivity contribution in [3.63, 3.8) is 0 Å². The van der Waals surface area contributed by atoms with Crippen LogP contribution in [0.1, 0.15) is 38.2 Å².